The van der Waals surface area contributed by atoms with Gasteiger partial charge in [0.25, 0.3) is 5.91 Å². The molecule has 4 nitrogen and oxygen atoms in total. The number of phenolic OH excluding ortho intramolecular Hbond substituents is 1. The second-order valence-corrected chi connectivity index (χ2v) is 4.99. The van der Waals surface area contributed by atoms with E-state index in [1.807, 2.05) is 0 Å². The monoisotopic (exact) mass is 253 g/mol. The summed E-state index contributed by atoms with van der Waals surface area (Å²) >= 11 is 0. The molecule has 0 unspecified atom stereocenters. The SMILES string of the molecule is C[C@]1(O)CCCN(C(=O)c2ccc(O)c(F)c2)C1. The molecule has 1 aromatic rings. The third kappa shape index (κ3) is 2.61. The number of hydrogen-bond acceptors (Lipinski definition) is 3. The average Bonchev–Trinajstić information content (AvgIpc) is 2.30. The van der Waals surface area contributed by atoms with Gasteiger partial charge in [0.15, 0.2) is 11.6 Å². The van der Waals surface area contributed by atoms with E-state index in [1.54, 1.807) is 6.92 Å². The molecule has 0 aromatic heterocycles. The quantitative estimate of drug-likeness (QED) is 0.797. The van der Waals surface area contributed by atoms with Crippen LogP contribution >= 0.6 is 0 Å². The van der Waals surface area contributed by atoms with Crippen molar-refractivity contribution in [2.75, 3.05) is 13.1 Å². The van der Waals surface area contributed by atoms with E-state index in [1.165, 1.54) is 11.0 Å². The van der Waals surface area contributed by atoms with Crippen LogP contribution in [-0.4, -0.2) is 39.7 Å². The van der Waals surface area contributed by atoms with Crippen molar-refractivity contribution in [3.05, 3.63) is 29.6 Å². The fourth-order valence-electron chi connectivity index (χ4n) is 2.22. The molecular formula is C13H16FNO3. The molecule has 1 heterocycles. The Morgan fingerprint density at radius 2 is 2.22 bits per heavy atom. The lowest BCUT2D eigenvalue weighted by atomic mass is 9.94. The van der Waals surface area contributed by atoms with Crippen LogP contribution in [0.15, 0.2) is 18.2 Å². The van der Waals surface area contributed by atoms with Gasteiger partial charge in [-0.1, -0.05) is 0 Å². The molecule has 1 aromatic carbocycles. The maximum absolute atomic E-state index is 13.2. The summed E-state index contributed by atoms with van der Waals surface area (Å²) in [6.07, 6.45) is 1.38. The molecule has 1 fully saturated rings. The van der Waals surface area contributed by atoms with Crippen molar-refractivity contribution in [2.45, 2.75) is 25.4 Å². The second kappa shape index (κ2) is 4.57. The predicted octanol–water partition coefficient (Wildman–Crippen LogP) is 1.52. The van der Waals surface area contributed by atoms with Crippen molar-refractivity contribution in [3.63, 3.8) is 0 Å². The van der Waals surface area contributed by atoms with Crippen LogP contribution in [0.2, 0.25) is 0 Å². The summed E-state index contributed by atoms with van der Waals surface area (Å²) in [6, 6.07) is 3.55. The summed E-state index contributed by atoms with van der Waals surface area (Å²) in [5.41, 5.74) is -0.702. The minimum Gasteiger partial charge on any atom is -0.505 e. The molecule has 1 amide bonds. The van der Waals surface area contributed by atoms with E-state index in [2.05, 4.69) is 0 Å². The summed E-state index contributed by atoms with van der Waals surface area (Å²) in [5, 5.41) is 19.0. The second-order valence-electron chi connectivity index (χ2n) is 4.99. The Morgan fingerprint density at radius 3 is 2.83 bits per heavy atom. The third-order valence-corrected chi connectivity index (χ3v) is 3.16. The van der Waals surface area contributed by atoms with Gasteiger partial charge in [-0.25, -0.2) is 4.39 Å². The van der Waals surface area contributed by atoms with E-state index in [0.717, 1.165) is 18.6 Å². The topological polar surface area (TPSA) is 60.8 Å². The van der Waals surface area contributed by atoms with Gasteiger partial charge >= 0.3 is 0 Å². The van der Waals surface area contributed by atoms with Gasteiger partial charge in [-0.15, -0.1) is 0 Å². The number of β-amino-alcohol motifs (C(OH)–C–C–N with tert-alkyl or cyclic N) is 1. The van der Waals surface area contributed by atoms with Gasteiger partial charge in [-0.3, -0.25) is 4.79 Å². The highest BCUT2D eigenvalue weighted by atomic mass is 19.1. The normalized spacial score (nSPS) is 24.1. The third-order valence-electron chi connectivity index (χ3n) is 3.16. The first-order chi connectivity index (χ1) is 8.39. The lowest BCUT2D eigenvalue weighted by Gasteiger charge is -2.36. The predicted molar refractivity (Wildman–Crippen MR) is 63.8 cm³/mol. The number of rotatable bonds is 1. The van der Waals surface area contributed by atoms with Crippen LogP contribution in [0.3, 0.4) is 0 Å². The number of piperidine rings is 1. The van der Waals surface area contributed by atoms with Crippen LogP contribution in [0.5, 0.6) is 5.75 Å². The van der Waals surface area contributed by atoms with Gasteiger partial charge < -0.3 is 15.1 Å². The molecule has 1 atom stereocenters. The highest BCUT2D eigenvalue weighted by Gasteiger charge is 2.31. The number of likely N-dealkylation sites (tertiary alicyclic amines) is 1. The van der Waals surface area contributed by atoms with Crippen LogP contribution in [0.1, 0.15) is 30.1 Å². The fraction of sp³-hybridized carbons (Fsp3) is 0.462. The number of benzene rings is 1. The summed E-state index contributed by atoms with van der Waals surface area (Å²) < 4.78 is 13.2. The van der Waals surface area contributed by atoms with Crippen LogP contribution in [0.25, 0.3) is 0 Å². The Hall–Kier alpha value is -1.62. The molecule has 1 aliphatic rings. The van der Waals surface area contributed by atoms with Crippen molar-refractivity contribution < 1.29 is 19.4 Å². The van der Waals surface area contributed by atoms with Crippen LogP contribution in [-0.2, 0) is 0 Å². The molecule has 2 rings (SSSR count). The van der Waals surface area contributed by atoms with E-state index in [0.29, 0.717) is 13.0 Å². The lowest BCUT2D eigenvalue weighted by molar-refractivity contribution is -0.0107. The summed E-state index contributed by atoms with van der Waals surface area (Å²) in [6.45, 7) is 2.48. The van der Waals surface area contributed by atoms with Gasteiger partial charge in [-0.05, 0) is 38.0 Å². The van der Waals surface area contributed by atoms with Gasteiger partial charge in [0, 0.05) is 18.7 Å². The highest BCUT2D eigenvalue weighted by molar-refractivity contribution is 5.94. The number of hydrogen-bond donors (Lipinski definition) is 2. The van der Waals surface area contributed by atoms with Gasteiger partial charge in [-0.2, -0.15) is 0 Å². The van der Waals surface area contributed by atoms with E-state index < -0.39 is 17.2 Å². The first kappa shape index (κ1) is 12.8. The van der Waals surface area contributed by atoms with E-state index >= 15 is 0 Å². The molecule has 0 bridgehead atoms. The number of aromatic hydroxyl groups is 1. The van der Waals surface area contributed by atoms with Crippen LogP contribution < -0.4 is 0 Å². The van der Waals surface area contributed by atoms with Gasteiger partial charge in [0.05, 0.1) is 5.60 Å². The molecule has 1 aliphatic heterocycles. The maximum Gasteiger partial charge on any atom is 0.254 e. The van der Waals surface area contributed by atoms with E-state index in [4.69, 9.17) is 5.11 Å². The molecule has 0 spiro atoms. The smallest absolute Gasteiger partial charge is 0.254 e. The van der Waals surface area contributed by atoms with Gasteiger partial charge in [0.1, 0.15) is 0 Å². The summed E-state index contributed by atoms with van der Waals surface area (Å²) in [7, 11) is 0. The number of amides is 1. The molecule has 1 saturated heterocycles. The maximum atomic E-state index is 13.2. The van der Waals surface area contributed by atoms with Crippen molar-refractivity contribution in [2.24, 2.45) is 0 Å². The minimum atomic E-state index is -0.886. The summed E-state index contributed by atoms with van der Waals surface area (Å²) in [5.74, 6) is -1.62. The standard InChI is InChI=1S/C13H16FNO3/c1-13(18)5-2-6-15(8-13)12(17)9-3-4-11(16)10(14)7-9/h3-4,7,16,18H,2,5-6,8H2,1H3/t13-/m0/s1. The Labute approximate surface area is 105 Å². The zero-order valence-corrected chi connectivity index (χ0v) is 10.2. The van der Waals surface area contributed by atoms with Crippen molar-refractivity contribution in [3.8, 4) is 5.75 Å². The molecular weight excluding hydrogens is 237 g/mol. The van der Waals surface area contributed by atoms with Crippen LogP contribution in [0, 0.1) is 5.82 Å². The van der Waals surface area contributed by atoms with Crippen molar-refractivity contribution in [1.29, 1.82) is 0 Å². The van der Waals surface area contributed by atoms with Crippen molar-refractivity contribution >= 4 is 5.91 Å². The Kier molecular flexibility index (Phi) is 3.26. The highest BCUT2D eigenvalue weighted by Crippen LogP contribution is 2.23. The van der Waals surface area contributed by atoms with E-state index in [-0.39, 0.29) is 18.0 Å². The molecule has 98 valence electrons. The molecule has 0 saturated carbocycles. The molecule has 0 radical (unpaired) electrons. The minimum absolute atomic E-state index is 0.183. The van der Waals surface area contributed by atoms with Crippen LogP contribution in [0.4, 0.5) is 4.39 Å². The largest absolute Gasteiger partial charge is 0.505 e. The summed E-state index contributed by atoms with van der Waals surface area (Å²) in [4.78, 5) is 13.6. The first-order valence-corrected chi connectivity index (χ1v) is 5.89. The number of carbonyl (C=O) groups is 1. The van der Waals surface area contributed by atoms with Gasteiger partial charge in [0.2, 0.25) is 0 Å². The fourth-order valence-corrected chi connectivity index (χ4v) is 2.22. The number of aliphatic hydroxyl groups is 1. The number of nitrogens with zero attached hydrogens (tertiary/aromatic N) is 1. The first-order valence-electron chi connectivity index (χ1n) is 5.89. The average molecular weight is 253 g/mol. The number of phenols is 1. The molecule has 0 aliphatic carbocycles. The molecule has 5 heteroatoms. The van der Waals surface area contributed by atoms with E-state index in [9.17, 15) is 14.3 Å². The lowest BCUT2D eigenvalue weighted by Crippen LogP contribution is -2.48. The van der Waals surface area contributed by atoms with Crippen molar-refractivity contribution in [1.82, 2.24) is 4.90 Å². The molecule has 18 heavy (non-hydrogen) atoms. The number of carbonyl (C=O) groups excluding carboxylic acids is 1. The Bertz CT molecular complexity index is 473. The Balaban J connectivity index is 2.18. The Morgan fingerprint density at radius 1 is 1.50 bits per heavy atom. The zero-order chi connectivity index (χ0) is 13.3. The zero-order valence-electron chi connectivity index (χ0n) is 10.2. The number of halogens is 1. The molecule has 2 N–H and O–H groups in total.